The van der Waals surface area contributed by atoms with Crippen LogP contribution in [0.15, 0.2) is 85.1 Å². The molecule has 0 radical (unpaired) electrons. The first-order valence-electron chi connectivity index (χ1n) is 18.9. The fourth-order valence-electron chi connectivity index (χ4n) is 4.60. The summed E-state index contributed by atoms with van der Waals surface area (Å²) in [7, 11) is -4.77. The van der Waals surface area contributed by atoms with Crippen molar-refractivity contribution < 1.29 is 37.9 Å². The van der Waals surface area contributed by atoms with Crippen molar-refractivity contribution in [2.75, 3.05) is 13.2 Å². The highest BCUT2D eigenvalue weighted by molar-refractivity contribution is 7.46. The molecule has 9 heteroatoms. The molecule has 1 atom stereocenters. The van der Waals surface area contributed by atoms with Gasteiger partial charge in [0.25, 0.3) is 0 Å². The monoisotopic (exact) mass is 718 g/mol. The minimum absolute atomic E-state index is 0.170. The topological polar surface area (TPSA) is 119 Å². The second-order valence-electron chi connectivity index (χ2n) is 12.2. The second-order valence-corrected chi connectivity index (χ2v) is 13.4. The Morgan fingerprint density at radius 2 is 0.960 bits per heavy atom. The average Bonchev–Trinajstić information content (AvgIpc) is 3.08. The van der Waals surface area contributed by atoms with E-state index in [4.69, 9.17) is 19.3 Å². The number of phosphoric ester groups is 1. The van der Waals surface area contributed by atoms with Crippen molar-refractivity contribution in [3.05, 3.63) is 85.1 Å². The Morgan fingerprint density at radius 3 is 1.46 bits per heavy atom. The molecule has 0 aliphatic heterocycles. The van der Waals surface area contributed by atoms with Gasteiger partial charge in [-0.05, 0) is 89.9 Å². The third kappa shape index (κ3) is 38.0. The lowest BCUT2D eigenvalue weighted by molar-refractivity contribution is -0.161. The zero-order valence-corrected chi connectivity index (χ0v) is 31.9. The summed E-state index contributed by atoms with van der Waals surface area (Å²) >= 11 is 0. The molecule has 0 aliphatic carbocycles. The van der Waals surface area contributed by atoms with E-state index in [1.54, 1.807) is 0 Å². The smallest absolute Gasteiger partial charge is 0.462 e. The number of allylic oxidation sites excluding steroid dienone is 14. The van der Waals surface area contributed by atoms with Crippen LogP contribution < -0.4 is 0 Å². The number of unbranched alkanes of at least 4 members (excludes halogenated alkanes) is 9. The van der Waals surface area contributed by atoms with Crippen molar-refractivity contribution >= 4 is 19.8 Å². The zero-order chi connectivity index (χ0) is 36.8. The molecular weight excluding hydrogens is 651 g/mol. The third-order valence-corrected chi connectivity index (χ3v) is 7.88. The molecule has 0 aromatic carbocycles. The highest BCUT2D eigenvalue weighted by Crippen LogP contribution is 2.35. The van der Waals surface area contributed by atoms with Gasteiger partial charge in [0.1, 0.15) is 6.61 Å². The van der Waals surface area contributed by atoms with E-state index >= 15 is 0 Å². The lowest BCUT2D eigenvalue weighted by Gasteiger charge is -2.18. The van der Waals surface area contributed by atoms with Crippen LogP contribution >= 0.6 is 7.82 Å². The molecule has 8 nitrogen and oxygen atoms in total. The summed E-state index contributed by atoms with van der Waals surface area (Å²) in [6.07, 6.45) is 47.3. The third-order valence-electron chi connectivity index (χ3n) is 7.40. The predicted molar refractivity (Wildman–Crippen MR) is 207 cm³/mol. The van der Waals surface area contributed by atoms with Gasteiger partial charge >= 0.3 is 19.8 Å². The zero-order valence-electron chi connectivity index (χ0n) is 31.0. The lowest BCUT2D eigenvalue weighted by atomic mass is 10.1. The van der Waals surface area contributed by atoms with Gasteiger partial charge in [-0.25, -0.2) is 4.57 Å². The van der Waals surface area contributed by atoms with Crippen LogP contribution in [0.4, 0.5) is 0 Å². The van der Waals surface area contributed by atoms with Gasteiger partial charge in [0.05, 0.1) is 6.61 Å². The van der Waals surface area contributed by atoms with Gasteiger partial charge in [-0.2, -0.15) is 0 Å². The Labute approximate surface area is 303 Å². The van der Waals surface area contributed by atoms with Crippen LogP contribution in [0, 0.1) is 0 Å². The normalized spacial score (nSPS) is 13.4. The van der Waals surface area contributed by atoms with Crippen LogP contribution in [0.1, 0.15) is 142 Å². The Morgan fingerprint density at radius 1 is 0.540 bits per heavy atom. The van der Waals surface area contributed by atoms with Gasteiger partial charge in [-0.15, -0.1) is 0 Å². The molecular formula is C41H67O8P. The molecule has 0 heterocycles. The van der Waals surface area contributed by atoms with Crippen molar-refractivity contribution in [3.8, 4) is 0 Å². The molecule has 0 aliphatic rings. The molecule has 0 saturated carbocycles. The van der Waals surface area contributed by atoms with Gasteiger partial charge in [0, 0.05) is 12.8 Å². The van der Waals surface area contributed by atoms with E-state index in [1.165, 1.54) is 19.3 Å². The van der Waals surface area contributed by atoms with E-state index in [-0.39, 0.29) is 19.4 Å². The van der Waals surface area contributed by atoms with E-state index in [9.17, 15) is 14.2 Å². The van der Waals surface area contributed by atoms with Crippen LogP contribution in [0.5, 0.6) is 0 Å². The summed E-state index contributed by atoms with van der Waals surface area (Å²) in [5.74, 6) is -0.968. The van der Waals surface area contributed by atoms with Crippen LogP contribution in [0.25, 0.3) is 0 Å². The number of hydrogen-bond donors (Lipinski definition) is 2. The van der Waals surface area contributed by atoms with E-state index in [2.05, 4.69) is 103 Å². The Balaban J connectivity index is 4.11. The van der Waals surface area contributed by atoms with Crippen molar-refractivity contribution in [2.24, 2.45) is 0 Å². The van der Waals surface area contributed by atoms with E-state index in [0.717, 1.165) is 83.5 Å². The minimum Gasteiger partial charge on any atom is -0.462 e. The Kier molecular flexibility index (Phi) is 34.0. The maximum Gasteiger partial charge on any atom is 0.469 e. The van der Waals surface area contributed by atoms with Gasteiger partial charge in [0.2, 0.25) is 0 Å². The molecule has 50 heavy (non-hydrogen) atoms. The summed E-state index contributed by atoms with van der Waals surface area (Å²) in [4.78, 5) is 42.7. The number of ether oxygens (including phenoxy) is 2. The van der Waals surface area contributed by atoms with E-state index in [1.807, 2.05) is 0 Å². The summed E-state index contributed by atoms with van der Waals surface area (Å²) in [5.41, 5.74) is 0. The molecule has 2 N–H and O–H groups in total. The van der Waals surface area contributed by atoms with Crippen LogP contribution in [-0.2, 0) is 28.2 Å². The second kappa shape index (κ2) is 36.0. The van der Waals surface area contributed by atoms with Crippen LogP contribution in [0.3, 0.4) is 0 Å². The molecule has 0 rings (SSSR count). The maximum atomic E-state index is 12.4. The summed E-state index contributed by atoms with van der Waals surface area (Å²) in [5, 5.41) is 0. The van der Waals surface area contributed by atoms with Crippen molar-refractivity contribution in [1.82, 2.24) is 0 Å². The Hall–Kier alpha value is -2.77. The van der Waals surface area contributed by atoms with Crippen LogP contribution in [0.2, 0.25) is 0 Å². The number of rotatable bonds is 33. The fraction of sp³-hybridized carbons (Fsp3) is 0.610. The van der Waals surface area contributed by atoms with Gasteiger partial charge in [0.15, 0.2) is 6.10 Å². The summed E-state index contributed by atoms with van der Waals surface area (Å²) < 4.78 is 26.3. The van der Waals surface area contributed by atoms with Gasteiger partial charge < -0.3 is 19.3 Å². The van der Waals surface area contributed by atoms with Crippen LogP contribution in [-0.4, -0.2) is 41.0 Å². The minimum atomic E-state index is -4.77. The quantitative estimate of drug-likeness (QED) is 0.0298. The number of esters is 2. The molecule has 0 saturated heterocycles. The molecule has 0 aromatic heterocycles. The van der Waals surface area contributed by atoms with Crippen molar-refractivity contribution in [2.45, 2.75) is 148 Å². The molecule has 0 bridgehead atoms. The first-order valence-corrected chi connectivity index (χ1v) is 20.4. The molecule has 284 valence electrons. The first kappa shape index (κ1) is 47.2. The van der Waals surface area contributed by atoms with Gasteiger partial charge in [-0.1, -0.05) is 125 Å². The number of carbonyl (C=O) groups is 2. The van der Waals surface area contributed by atoms with Crippen molar-refractivity contribution in [3.63, 3.8) is 0 Å². The summed E-state index contributed by atoms with van der Waals surface area (Å²) in [6.45, 7) is 3.46. The number of carbonyl (C=O) groups excluding carboxylic acids is 2. The van der Waals surface area contributed by atoms with E-state index < -0.39 is 32.5 Å². The first-order chi connectivity index (χ1) is 24.3. The highest BCUT2D eigenvalue weighted by Gasteiger charge is 2.22. The van der Waals surface area contributed by atoms with Crippen molar-refractivity contribution in [1.29, 1.82) is 0 Å². The molecule has 0 fully saturated rings. The number of phosphoric acid groups is 1. The van der Waals surface area contributed by atoms with Gasteiger partial charge in [-0.3, -0.25) is 14.1 Å². The Bertz CT molecular complexity index is 1080. The SMILES string of the molecule is CC/C=C\C/C=C\C/C=C\C/C=C\CCCCCCC(=O)O[C@H](COC(=O)CCCC/C=C\C/C=C\C/C=C\CCCCC)COP(=O)(O)O. The molecule has 0 aromatic rings. The summed E-state index contributed by atoms with van der Waals surface area (Å²) in [6, 6.07) is 0. The predicted octanol–water partition coefficient (Wildman–Crippen LogP) is 11.3. The molecule has 0 amide bonds. The number of hydrogen-bond acceptors (Lipinski definition) is 6. The molecule has 0 spiro atoms. The maximum absolute atomic E-state index is 12.4. The van der Waals surface area contributed by atoms with E-state index in [0.29, 0.717) is 12.8 Å². The standard InChI is InChI=1S/C41H67O8P/c1-3-5-7-9-11-13-15-17-19-20-22-24-26-28-30-32-34-36-41(43)49-39(38-48-50(44,45)46)37-47-40(42)35-33-31-29-27-25-23-21-18-16-14-12-10-8-6-4-2/h5,7,11-14,17-19,21-22,24-25,27,39H,3-4,6,8-10,15-16,20,23,26,28-38H2,1-2H3,(H2,44,45,46)/b7-5-,13-11-,14-12-,19-17-,21-18-,24-22-,27-25-/t39-/m1/s1. The highest BCUT2D eigenvalue weighted by atomic mass is 31.2. The molecule has 0 unspecified atom stereocenters. The largest absolute Gasteiger partial charge is 0.469 e. The average molecular weight is 719 g/mol. The lowest BCUT2D eigenvalue weighted by Crippen LogP contribution is -2.29. The fourth-order valence-corrected chi connectivity index (χ4v) is 4.96.